The van der Waals surface area contributed by atoms with E-state index in [1.54, 1.807) is 0 Å². The van der Waals surface area contributed by atoms with E-state index in [-0.39, 0.29) is 24.9 Å². The van der Waals surface area contributed by atoms with Gasteiger partial charge in [0.1, 0.15) is 25.2 Å². The second kappa shape index (κ2) is 6.33. The van der Waals surface area contributed by atoms with Crippen LogP contribution in [0, 0.1) is 10.1 Å². The monoisotopic (exact) mass is 331 g/mol. The number of nitro groups is 1. The van der Waals surface area contributed by atoms with Crippen LogP contribution in [0.5, 0.6) is 5.88 Å². The fraction of sp³-hybridized carbons (Fsp3) is 0.769. The quantitative estimate of drug-likeness (QED) is 0.301. The van der Waals surface area contributed by atoms with Crippen molar-refractivity contribution < 1.29 is 18.8 Å². The number of hydrogen-bond donors (Lipinski definition) is 0. The van der Waals surface area contributed by atoms with Gasteiger partial charge in [-0.05, 0) is 18.9 Å². The third-order valence-corrected chi connectivity index (χ3v) is 5.09. The fourth-order valence-electron chi connectivity index (χ4n) is 1.70. The Morgan fingerprint density at radius 2 is 2.18 bits per heavy atom. The van der Waals surface area contributed by atoms with E-state index in [0.29, 0.717) is 19.4 Å². The Bertz CT molecular complexity index is 540. The minimum atomic E-state index is -1.34. The minimum absolute atomic E-state index is 0.120. The van der Waals surface area contributed by atoms with Crippen molar-refractivity contribution in [2.45, 2.75) is 50.9 Å². The first kappa shape index (κ1) is 16.9. The van der Waals surface area contributed by atoms with E-state index in [9.17, 15) is 14.5 Å². The van der Waals surface area contributed by atoms with Crippen LogP contribution in [0.1, 0.15) is 12.8 Å². The summed E-state index contributed by atoms with van der Waals surface area (Å²) in [6.07, 6.45) is 2.12. The van der Waals surface area contributed by atoms with Gasteiger partial charge >= 0.3 is 11.6 Å². The maximum Gasteiger partial charge on any atom is 0.350 e. The van der Waals surface area contributed by atoms with Gasteiger partial charge in [0, 0.05) is 14.7 Å². The maximum absolute atomic E-state index is 13.5. The van der Waals surface area contributed by atoms with E-state index >= 15 is 0 Å². The average molecular weight is 331 g/mol. The van der Waals surface area contributed by atoms with Crippen LogP contribution in [-0.2, 0) is 11.5 Å². The maximum atomic E-state index is 13.5. The van der Waals surface area contributed by atoms with Gasteiger partial charge < -0.3 is 9.47 Å². The Balaban J connectivity index is 1.89. The molecule has 0 bridgehead atoms. The first-order valence-electron chi connectivity index (χ1n) is 7.30. The Kier molecular flexibility index (Phi) is 4.86. The van der Waals surface area contributed by atoms with Crippen molar-refractivity contribution in [2.75, 3.05) is 13.2 Å². The summed E-state index contributed by atoms with van der Waals surface area (Å²) in [7, 11) is -1.17. The summed E-state index contributed by atoms with van der Waals surface area (Å²) < 4.78 is 25.5. The third kappa shape index (κ3) is 5.06. The summed E-state index contributed by atoms with van der Waals surface area (Å²) in [4.78, 5) is 10.4. The van der Waals surface area contributed by atoms with E-state index < -0.39 is 18.7 Å². The molecule has 124 valence electrons. The zero-order chi connectivity index (χ0) is 16.4. The lowest BCUT2D eigenvalue weighted by Crippen LogP contribution is -2.22. The van der Waals surface area contributed by atoms with Gasteiger partial charge in [-0.25, -0.2) is 9.07 Å². The van der Waals surface area contributed by atoms with E-state index in [0.717, 1.165) is 6.04 Å². The molecule has 0 aromatic carbocycles. The Morgan fingerprint density at radius 3 is 2.73 bits per heavy atom. The van der Waals surface area contributed by atoms with E-state index in [2.05, 4.69) is 24.7 Å². The molecular weight excluding hydrogens is 309 g/mol. The number of halogens is 1. The molecule has 1 saturated carbocycles. The number of alkyl halides is 1. The molecule has 0 saturated heterocycles. The molecule has 0 spiro atoms. The normalized spacial score (nSPS) is 16.5. The lowest BCUT2D eigenvalue weighted by molar-refractivity contribution is -0.386. The SMILES string of the molecule is C[Si](C)(C)CCOCn1cc([N+](=O)[O-])c(OCC2(F)CC2)n1. The zero-order valence-corrected chi connectivity index (χ0v) is 14.2. The first-order valence-corrected chi connectivity index (χ1v) is 11.0. The topological polar surface area (TPSA) is 79.4 Å². The third-order valence-electron chi connectivity index (χ3n) is 3.39. The predicted octanol–water partition coefficient (Wildman–Crippen LogP) is 2.98. The van der Waals surface area contributed by atoms with Gasteiger partial charge in [0.2, 0.25) is 0 Å². The summed E-state index contributed by atoms with van der Waals surface area (Å²) in [6.45, 7) is 7.24. The lowest BCUT2D eigenvalue weighted by Gasteiger charge is -2.15. The highest BCUT2D eigenvalue weighted by Gasteiger charge is 2.44. The Hall–Kier alpha value is -1.48. The molecule has 0 unspecified atom stereocenters. The highest BCUT2D eigenvalue weighted by Crippen LogP contribution is 2.40. The molecular formula is C13H22FN3O4Si. The van der Waals surface area contributed by atoms with Crippen LogP contribution in [0.2, 0.25) is 25.7 Å². The van der Waals surface area contributed by atoms with Crippen LogP contribution >= 0.6 is 0 Å². The minimum Gasteiger partial charge on any atom is -0.468 e. The molecule has 1 aliphatic carbocycles. The van der Waals surface area contributed by atoms with Crippen LogP contribution in [0.4, 0.5) is 10.1 Å². The molecule has 7 nitrogen and oxygen atoms in total. The van der Waals surface area contributed by atoms with Crippen molar-refractivity contribution >= 4 is 13.8 Å². The first-order chi connectivity index (χ1) is 10.2. The van der Waals surface area contributed by atoms with Crippen LogP contribution < -0.4 is 4.74 Å². The predicted molar refractivity (Wildman–Crippen MR) is 81.6 cm³/mol. The van der Waals surface area contributed by atoms with Crippen molar-refractivity contribution in [2.24, 2.45) is 0 Å². The van der Waals surface area contributed by atoms with Gasteiger partial charge in [0.05, 0.1) is 4.92 Å². The summed E-state index contributed by atoms with van der Waals surface area (Å²) in [6, 6.07) is 1.00. The molecule has 0 atom stereocenters. The summed E-state index contributed by atoms with van der Waals surface area (Å²) in [5.41, 5.74) is -1.61. The largest absolute Gasteiger partial charge is 0.468 e. The van der Waals surface area contributed by atoms with Crippen LogP contribution in [-0.4, -0.2) is 41.7 Å². The van der Waals surface area contributed by atoms with Gasteiger partial charge in [0.15, 0.2) is 0 Å². The van der Waals surface area contributed by atoms with Gasteiger partial charge in [-0.15, -0.1) is 5.10 Å². The summed E-state index contributed by atoms with van der Waals surface area (Å²) in [5, 5.41) is 14.9. The number of hydrogen-bond acceptors (Lipinski definition) is 5. The summed E-state index contributed by atoms with van der Waals surface area (Å²) in [5.74, 6) is -0.150. The van der Waals surface area contributed by atoms with Crippen LogP contribution in [0.15, 0.2) is 6.20 Å². The smallest absolute Gasteiger partial charge is 0.350 e. The van der Waals surface area contributed by atoms with Gasteiger partial charge in [0.25, 0.3) is 0 Å². The van der Waals surface area contributed by atoms with Crippen LogP contribution in [0.25, 0.3) is 0 Å². The highest BCUT2D eigenvalue weighted by atomic mass is 28.3. The zero-order valence-electron chi connectivity index (χ0n) is 13.2. The van der Waals surface area contributed by atoms with E-state index in [1.165, 1.54) is 10.9 Å². The molecule has 0 aliphatic heterocycles. The fourth-order valence-corrected chi connectivity index (χ4v) is 2.46. The van der Waals surface area contributed by atoms with Crippen molar-refractivity contribution in [3.8, 4) is 5.88 Å². The molecule has 1 aromatic heterocycles. The number of nitrogens with zero attached hydrogens (tertiary/aromatic N) is 3. The van der Waals surface area contributed by atoms with Gasteiger partial charge in [-0.1, -0.05) is 19.6 Å². The van der Waals surface area contributed by atoms with Gasteiger partial charge in [-0.3, -0.25) is 10.1 Å². The van der Waals surface area contributed by atoms with E-state index in [1.807, 2.05) is 0 Å². The molecule has 2 rings (SSSR count). The molecule has 22 heavy (non-hydrogen) atoms. The summed E-state index contributed by atoms with van der Waals surface area (Å²) >= 11 is 0. The van der Waals surface area contributed by atoms with E-state index in [4.69, 9.17) is 9.47 Å². The standard InChI is InChI=1S/C13H22FN3O4Si/c1-22(2,3)7-6-20-10-16-8-11(17(18)19)12(15-16)21-9-13(14)4-5-13/h8H,4-7,9-10H2,1-3H3. The molecule has 0 amide bonds. The van der Waals surface area contributed by atoms with Crippen molar-refractivity contribution in [1.82, 2.24) is 9.78 Å². The Morgan fingerprint density at radius 1 is 1.50 bits per heavy atom. The molecule has 0 radical (unpaired) electrons. The van der Waals surface area contributed by atoms with Crippen LogP contribution in [0.3, 0.4) is 0 Å². The molecule has 0 N–H and O–H groups in total. The molecule has 9 heteroatoms. The number of ether oxygens (including phenoxy) is 2. The number of aromatic nitrogens is 2. The van der Waals surface area contributed by atoms with Crippen molar-refractivity contribution in [3.05, 3.63) is 16.3 Å². The average Bonchev–Trinajstić information content (AvgIpc) is 2.99. The highest BCUT2D eigenvalue weighted by molar-refractivity contribution is 6.76. The molecule has 1 heterocycles. The van der Waals surface area contributed by atoms with Crippen molar-refractivity contribution in [3.63, 3.8) is 0 Å². The number of rotatable bonds is 9. The molecule has 1 fully saturated rings. The lowest BCUT2D eigenvalue weighted by atomic mass is 10.4. The second-order valence-electron chi connectivity index (χ2n) is 6.90. The molecule has 1 aromatic rings. The molecule has 1 aliphatic rings. The van der Waals surface area contributed by atoms with Crippen molar-refractivity contribution in [1.29, 1.82) is 0 Å². The second-order valence-corrected chi connectivity index (χ2v) is 12.5. The Labute approximate surface area is 129 Å². The van der Waals surface area contributed by atoms with Gasteiger partial charge in [-0.2, -0.15) is 0 Å².